The number of hydrogen-bond donors (Lipinski definition) is 2. The summed E-state index contributed by atoms with van der Waals surface area (Å²) >= 11 is 7.19. The first-order chi connectivity index (χ1) is 32.6. The molecule has 4 atom stereocenters. The van der Waals surface area contributed by atoms with Crippen LogP contribution in [0.2, 0.25) is 0 Å². The molecule has 2 N–H and O–H groups in total. The number of ether oxygens (including phenoxy) is 3. The number of nitrogens with one attached hydrogen (secondary N) is 1. The maximum atomic E-state index is 14.1. The number of aryl methyl sites for hydroxylation is 1. The summed E-state index contributed by atoms with van der Waals surface area (Å²) in [7, 11) is 0. The molecule has 1 aliphatic heterocycles. The van der Waals surface area contributed by atoms with Crippen LogP contribution in [-0.2, 0) is 41.4 Å². The summed E-state index contributed by atoms with van der Waals surface area (Å²) in [6.07, 6.45) is -4.18. The molecule has 1 saturated carbocycles. The molecular weight excluding hydrogens is 932 g/mol. The molecule has 2 unspecified atom stereocenters. The Morgan fingerprint density at radius 3 is 2.22 bits per heavy atom. The second-order valence-corrected chi connectivity index (χ2v) is 20.2. The number of Topliss-reactive ketones (excluding diaryl/α,β-unsaturated/α-hetero) is 2. The molecule has 69 heavy (non-hydrogen) atoms. The van der Waals surface area contributed by atoms with Crippen molar-refractivity contribution in [2.45, 2.75) is 98.0 Å². The molecular formula is C51H58F3N5O8S2. The lowest BCUT2D eigenvalue weighted by molar-refractivity contribution is -0.139. The number of amides is 2. The SMILES string of the molecule is Cc1ncsc1-c1ccc(CNC(=O)[C@@H]2C[C@@H](O)CC2C(=O)C(CC(=O)COCCCOCCCOc2ccc(N3C(=S)N(c4ccc(C#N)c(C(F)(F)F)c4)C(=O)C3(C)C)cc2)C(C)(C)C)cc1. The van der Waals surface area contributed by atoms with Gasteiger partial charge in [0.15, 0.2) is 10.9 Å². The van der Waals surface area contributed by atoms with Crippen LogP contribution in [0, 0.1) is 41.4 Å². The second kappa shape index (κ2) is 22.4. The lowest BCUT2D eigenvalue weighted by Gasteiger charge is -2.32. The van der Waals surface area contributed by atoms with Crippen LogP contribution < -0.4 is 19.9 Å². The summed E-state index contributed by atoms with van der Waals surface area (Å²) in [4.78, 5) is 62.2. The van der Waals surface area contributed by atoms with Crippen LogP contribution in [0.25, 0.3) is 10.4 Å². The average molecular weight is 990 g/mol. The highest BCUT2D eigenvalue weighted by Crippen LogP contribution is 2.42. The zero-order chi connectivity index (χ0) is 50.3. The van der Waals surface area contributed by atoms with Crippen LogP contribution in [0.5, 0.6) is 5.75 Å². The van der Waals surface area contributed by atoms with Crippen molar-refractivity contribution in [2.75, 3.05) is 42.8 Å². The number of aliphatic hydroxyl groups excluding tert-OH is 1. The first kappa shape index (κ1) is 52.8. The largest absolute Gasteiger partial charge is 0.494 e. The Bertz CT molecular complexity index is 2540. The Morgan fingerprint density at radius 2 is 1.59 bits per heavy atom. The van der Waals surface area contributed by atoms with Crippen molar-refractivity contribution in [2.24, 2.45) is 23.2 Å². The average Bonchev–Trinajstić information content (AvgIpc) is 3.97. The van der Waals surface area contributed by atoms with Gasteiger partial charge < -0.3 is 29.5 Å². The van der Waals surface area contributed by atoms with Gasteiger partial charge in [0.2, 0.25) is 5.91 Å². The van der Waals surface area contributed by atoms with E-state index in [0.29, 0.717) is 44.1 Å². The van der Waals surface area contributed by atoms with Gasteiger partial charge in [0.05, 0.1) is 57.6 Å². The van der Waals surface area contributed by atoms with Crippen LogP contribution >= 0.6 is 23.6 Å². The number of benzene rings is 3. The van der Waals surface area contributed by atoms with Gasteiger partial charge in [-0.25, -0.2) is 4.98 Å². The molecule has 0 radical (unpaired) electrons. The molecule has 368 valence electrons. The standard InChI is InChI=1S/C51H58F3N5O8S2/c1-31-45(69-30-57-31)33-11-9-32(10-12-33)28-56-46(63)41-25-37(60)24-40(41)44(62)43(49(2,3)4)26-38(61)29-66-21-7-19-65-20-8-22-67-39-17-15-35(16-18-39)59-48(68)58(47(64)50(59,5)6)36-14-13-34(27-55)42(23-36)51(52,53)54/h9-18,23,30,37,40-41,43,60H,7-8,19-22,24-26,28-29H2,1-6H3,(H,56,63)/t37-,40?,41+,43?/m0/s1. The van der Waals surface area contributed by atoms with Gasteiger partial charge in [-0.3, -0.25) is 24.1 Å². The highest BCUT2D eigenvalue weighted by atomic mass is 32.1. The summed E-state index contributed by atoms with van der Waals surface area (Å²) in [6.45, 7) is 12.4. The maximum Gasteiger partial charge on any atom is 0.417 e. The van der Waals surface area contributed by atoms with E-state index < -0.39 is 58.0 Å². The molecule has 0 spiro atoms. The van der Waals surface area contributed by atoms with Gasteiger partial charge in [0, 0.05) is 56.7 Å². The minimum Gasteiger partial charge on any atom is -0.494 e. The maximum absolute atomic E-state index is 14.1. The van der Waals surface area contributed by atoms with Gasteiger partial charge in [-0.2, -0.15) is 18.4 Å². The van der Waals surface area contributed by atoms with E-state index in [-0.39, 0.29) is 67.3 Å². The van der Waals surface area contributed by atoms with Crippen molar-refractivity contribution >= 4 is 63.4 Å². The Kier molecular flexibility index (Phi) is 17.2. The van der Waals surface area contributed by atoms with E-state index in [0.717, 1.165) is 38.7 Å². The van der Waals surface area contributed by atoms with Gasteiger partial charge in [-0.05, 0) is 111 Å². The highest BCUT2D eigenvalue weighted by Gasteiger charge is 2.51. The number of carbonyl (C=O) groups excluding carboxylic acids is 4. The number of aliphatic hydroxyl groups is 1. The number of rotatable bonds is 21. The fourth-order valence-electron chi connectivity index (χ4n) is 8.72. The minimum absolute atomic E-state index is 0.0111. The van der Waals surface area contributed by atoms with Crippen LogP contribution in [0.15, 0.2) is 72.2 Å². The quantitative estimate of drug-likeness (QED) is 0.0601. The molecule has 4 aromatic rings. The predicted molar refractivity (Wildman–Crippen MR) is 260 cm³/mol. The van der Waals surface area contributed by atoms with Crippen LogP contribution in [0.3, 0.4) is 0 Å². The van der Waals surface area contributed by atoms with E-state index >= 15 is 0 Å². The first-order valence-electron chi connectivity index (χ1n) is 22.8. The fraction of sp³-hybridized carbons (Fsp3) is 0.471. The normalized spacial score (nSPS) is 18.6. The number of aromatic nitrogens is 1. The lowest BCUT2D eigenvalue weighted by Crippen LogP contribution is -2.44. The molecule has 2 amide bonds. The molecule has 18 heteroatoms. The van der Waals surface area contributed by atoms with Gasteiger partial charge in [0.25, 0.3) is 5.91 Å². The molecule has 2 aliphatic rings. The van der Waals surface area contributed by atoms with Gasteiger partial charge in [-0.1, -0.05) is 45.0 Å². The van der Waals surface area contributed by atoms with Crippen molar-refractivity contribution in [1.82, 2.24) is 10.3 Å². The molecule has 2 heterocycles. The van der Waals surface area contributed by atoms with Crippen molar-refractivity contribution in [3.8, 4) is 22.3 Å². The number of nitrogens with zero attached hydrogens (tertiary/aromatic N) is 4. The van der Waals surface area contributed by atoms with E-state index in [1.807, 2.05) is 52.0 Å². The smallest absolute Gasteiger partial charge is 0.417 e. The third-order valence-electron chi connectivity index (χ3n) is 12.5. The monoisotopic (exact) mass is 989 g/mol. The summed E-state index contributed by atoms with van der Waals surface area (Å²) in [6, 6.07) is 19.3. The minimum atomic E-state index is -4.80. The van der Waals surface area contributed by atoms with Crippen LogP contribution in [0.4, 0.5) is 24.5 Å². The van der Waals surface area contributed by atoms with Crippen molar-refractivity contribution in [1.29, 1.82) is 5.26 Å². The Labute approximate surface area is 409 Å². The van der Waals surface area contributed by atoms with Gasteiger partial charge >= 0.3 is 6.18 Å². The van der Waals surface area contributed by atoms with E-state index in [9.17, 15) is 42.7 Å². The molecule has 3 aromatic carbocycles. The molecule has 1 aromatic heterocycles. The van der Waals surface area contributed by atoms with Gasteiger partial charge in [0.1, 0.15) is 23.7 Å². The van der Waals surface area contributed by atoms with E-state index in [2.05, 4.69) is 10.3 Å². The van der Waals surface area contributed by atoms with Gasteiger partial charge in [-0.15, -0.1) is 11.3 Å². The molecule has 0 bridgehead atoms. The second-order valence-electron chi connectivity index (χ2n) is 19.0. The lowest BCUT2D eigenvalue weighted by atomic mass is 9.70. The number of hydrogen-bond acceptors (Lipinski definition) is 12. The Balaban J connectivity index is 0.883. The van der Waals surface area contributed by atoms with Crippen molar-refractivity contribution in [3.63, 3.8) is 0 Å². The van der Waals surface area contributed by atoms with Crippen molar-refractivity contribution < 1.29 is 51.7 Å². The highest BCUT2D eigenvalue weighted by molar-refractivity contribution is 7.81. The molecule has 2 fully saturated rings. The zero-order valence-corrected chi connectivity index (χ0v) is 41.2. The number of thiazole rings is 1. The summed E-state index contributed by atoms with van der Waals surface area (Å²) < 4.78 is 58.4. The molecule has 1 aliphatic carbocycles. The number of halogens is 3. The summed E-state index contributed by atoms with van der Waals surface area (Å²) in [5.41, 5.74) is 1.64. The Morgan fingerprint density at radius 1 is 0.957 bits per heavy atom. The predicted octanol–water partition coefficient (Wildman–Crippen LogP) is 9.01. The third-order valence-corrected chi connectivity index (χ3v) is 13.8. The van der Waals surface area contributed by atoms with Crippen molar-refractivity contribution in [3.05, 3.63) is 94.6 Å². The van der Waals surface area contributed by atoms with Crippen LogP contribution in [-0.4, -0.2) is 83.3 Å². The topological polar surface area (TPSA) is 171 Å². The Hall–Kier alpha value is -5.58. The number of nitriles is 1. The first-order valence-corrected chi connectivity index (χ1v) is 24.1. The number of ketones is 2. The van der Waals surface area contributed by atoms with E-state index in [4.69, 9.17) is 26.4 Å². The molecule has 13 nitrogen and oxygen atoms in total. The number of carbonyl (C=O) groups is 4. The fourth-order valence-corrected chi connectivity index (χ4v) is 10.1. The molecule has 1 saturated heterocycles. The zero-order valence-electron chi connectivity index (χ0n) is 39.6. The summed E-state index contributed by atoms with van der Waals surface area (Å²) in [5.74, 6) is -2.77. The van der Waals surface area contributed by atoms with Crippen LogP contribution in [0.1, 0.15) is 89.1 Å². The number of alkyl halides is 3. The van der Waals surface area contributed by atoms with E-state index in [1.54, 1.807) is 65.9 Å². The molecule has 6 rings (SSSR count). The van der Waals surface area contributed by atoms with E-state index in [1.165, 1.54) is 6.07 Å². The third kappa shape index (κ3) is 12.8. The number of thiocarbonyl (C=S) groups is 1. The number of anilines is 2. The summed E-state index contributed by atoms with van der Waals surface area (Å²) in [5, 5.41) is 22.8.